The van der Waals surface area contributed by atoms with Crippen molar-refractivity contribution in [1.82, 2.24) is 4.57 Å². The first-order chi connectivity index (χ1) is 30.2. The Morgan fingerprint density at radius 1 is 0.410 bits per heavy atom. The predicted octanol–water partition coefficient (Wildman–Crippen LogP) is 16.3. The minimum atomic E-state index is 0.750. The van der Waals surface area contributed by atoms with E-state index in [4.69, 9.17) is 0 Å². The fraction of sp³-hybridized carbons (Fsp3) is 0.119. The van der Waals surface area contributed by atoms with Crippen molar-refractivity contribution in [1.29, 1.82) is 0 Å². The third-order valence-corrected chi connectivity index (χ3v) is 13.9. The van der Waals surface area contributed by atoms with Crippen molar-refractivity contribution in [2.24, 2.45) is 11.8 Å². The summed E-state index contributed by atoms with van der Waals surface area (Å²) in [5.41, 5.74) is 15.8. The summed E-state index contributed by atoms with van der Waals surface area (Å²) >= 11 is 0. The molecule has 2 fully saturated rings. The molecule has 12 rings (SSSR count). The third kappa shape index (κ3) is 6.25. The monoisotopic (exact) mass is 782 g/mol. The number of fused-ring (bicyclic) bond motifs is 6. The molecule has 61 heavy (non-hydrogen) atoms. The van der Waals surface area contributed by atoms with E-state index in [9.17, 15) is 0 Å². The molecule has 9 aromatic carbocycles. The molecular formula is C59H46N2. The molecule has 10 aromatic rings. The first-order valence-corrected chi connectivity index (χ1v) is 22.0. The van der Waals surface area contributed by atoms with Crippen LogP contribution >= 0.6 is 0 Å². The Kier molecular flexibility index (Phi) is 8.70. The molecule has 2 nitrogen and oxygen atoms in total. The van der Waals surface area contributed by atoms with Crippen molar-refractivity contribution in [3.8, 4) is 39.1 Å². The summed E-state index contributed by atoms with van der Waals surface area (Å²) in [6.45, 7) is 0. The van der Waals surface area contributed by atoms with Crippen molar-refractivity contribution >= 4 is 49.6 Å². The molecule has 0 spiro atoms. The summed E-state index contributed by atoms with van der Waals surface area (Å²) in [4.78, 5) is 2.41. The summed E-state index contributed by atoms with van der Waals surface area (Å²) in [6, 6.07) is 78.4. The Hall–Kier alpha value is -7.16. The van der Waals surface area contributed by atoms with E-state index in [1.807, 2.05) is 0 Å². The van der Waals surface area contributed by atoms with Crippen LogP contribution in [0.15, 0.2) is 212 Å². The number of nitrogens with zero attached hydrogens (tertiary/aromatic N) is 2. The maximum atomic E-state index is 2.41. The zero-order chi connectivity index (χ0) is 40.3. The Morgan fingerprint density at radius 3 is 1.64 bits per heavy atom. The van der Waals surface area contributed by atoms with E-state index in [1.165, 1.54) is 97.2 Å². The molecule has 2 saturated carbocycles. The standard InChI is InChI=1S/C59H46N2/c1-3-11-43(12-4-1)52-18-9-13-46-14-10-19-53(59(46)52)44-29-33-50(34-30-44)60(49-31-27-42(28-32-49)41-23-25-45(26-24-41)56-38-40-21-22-47(56)37-40)51-35-36-55-54-17-7-8-20-57(54)61(58(55)39-51)48-15-5-2-6-16-48/h1-20,23-36,39-40,47,56H,21-22,37-38H2. The second-order valence-electron chi connectivity index (χ2n) is 17.3. The number of hydrogen-bond acceptors (Lipinski definition) is 1. The Balaban J connectivity index is 0.967. The maximum absolute atomic E-state index is 2.41. The van der Waals surface area contributed by atoms with Gasteiger partial charge in [-0.2, -0.15) is 0 Å². The van der Waals surface area contributed by atoms with Gasteiger partial charge in [-0.25, -0.2) is 0 Å². The summed E-state index contributed by atoms with van der Waals surface area (Å²) in [6.07, 6.45) is 5.67. The molecule has 2 bridgehead atoms. The second-order valence-corrected chi connectivity index (χ2v) is 17.3. The Bertz CT molecular complexity index is 3170. The molecular weight excluding hydrogens is 737 g/mol. The third-order valence-electron chi connectivity index (χ3n) is 13.9. The van der Waals surface area contributed by atoms with Crippen LogP contribution in [-0.4, -0.2) is 4.57 Å². The number of anilines is 3. The van der Waals surface area contributed by atoms with Gasteiger partial charge in [-0.1, -0.05) is 164 Å². The van der Waals surface area contributed by atoms with Crippen LogP contribution in [0, 0.1) is 11.8 Å². The first-order valence-electron chi connectivity index (χ1n) is 22.0. The van der Waals surface area contributed by atoms with Gasteiger partial charge in [-0.15, -0.1) is 0 Å². The van der Waals surface area contributed by atoms with E-state index in [0.29, 0.717) is 0 Å². The molecule has 0 amide bonds. The quantitative estimate of drug-likeness (QED) is 0.149. The SMILES string of the molecule is c1ccc(-c2cccc3cccc(-c4ccc(N(c5ccc(-c6ccc(C7CC8CCC7C8)cc6)cc5)c5ccc6c7ccccc7n(-c7ccccc7)c6c5)cc4)c23)cc1. The lowest BCUT2D eigenvalue weighted by molar-refractivity contribution is 0.420. The molecule has 2 heteroatoms. The van der Waals surface area contributed by atoms with Gasteiger partial charge in [0.2, 0.25) is 0 Å². The predicted molar refractivity (Wildman–Crippen MR) is 257 cm³/mol. The molecule has 0 saturated heterocycles. The zero-order valence-corrected chi connectivity index (χ0v) is 34.2. The van der Waals surface area contributed by atoms with Crippen LogP contribution < -0.4 is 4.90 Å². The molecule has 0 radical (unpaired) electrons. The summed E-state index contributed by atoms with van der Waals surface area (Å²) in [5, 5.41) is 5.02. The molecule has 292 valence electrons. The molecule has 2 aliphatic carbocycles. The number of rotatable bonds is 8. The van der Waals surface area contributed by atoms with Crippen molar-refractivity contribution < 1.29 is 0 Å². The van der Waals surface area contributed by atoms with Crippen molar-refractivity contribution in [3.05, 3.63) is 218 Å². The molecule has 0 N–H and O–H groups in total. The van der Waals surface area contributed by atoms with Gasteiger partial charge in [0.25, 0.3) is 0 Å². The van der Waals surface area contributed by atoms with Crippen LogP contribution in [0.4, 0.5) is 17.1 Å². The van der Waals surface area contributed by atoms with E-state index >= 15 is 0 Å². The average molecular weight is 783 g/mol. The average Bonchev–Trinajstić information content (AvgIpc) is 4.06. The van der Waals surface area contributed by atoms with E-state index < -0.39 is 0 Å². The van der Waals surface area contributed by atoms with Gasteiger partial charge in [0.15, 0.2) is 0 Å². The normalized spacial score (nSPS) is 17.1. The van der Waals surface area contributed by atoms with Gasteiger partial charge in [0, 0.05) is 33.5 Å². The van der Waals surface area contributed by atoms with Gasteiger partial charge in [-0.05, 0) is 141 Å². The number of hydrogen-bond donors (Lipinski definition) is 0. The number of aromatic nitrogens is 1. The molecule has 1 aromatic heterocycles. The lowest BCUT2D eigenvalue weighted by atomic mass is 9.83. The first kappa shape index (κ1) is 35.8. The van der Waals surface area contributed by atoms with Crippen LogP contribution in [0.5, 0.6) is 0 Å². The van der Waals surface area contributed by atoms with Crippen LogP contribution in [-0.2, 0) is 0 Å². The topological polar surface area (TPSA) is 8.17 Å². The fourth-order valence-electron chi connectivity index (χ4n) is 11.0. The highest BCUT2D eigenvalue weighted by atomic mass is 15.1. The zero-order valence-electron chi connectivity index (χ0n) is 34.2. The van der Waals surface area contributed by atoms with E-state index in [-0.39, 0.29) is 0 Å². The smallest absolute Gasteiger partial charge is 0.0561 e. The van der Waals surface area contributed by atoms with Gasteiger partial charge in [0.05, 0.1) is 11.0 Å². The highest BCUT2D eigenvalue weighted by Gasteiger charge is 2.40. The Labute approximate surface area is 358 Å². The molecule has 0 aliphatic heterocycles. The van der Waals surface area contributed by atoms with Crippen molar-refractivity contribution in [2.45, 2.75) is 31.6 Å². The highest BCUT2D eigenvalue weighted by molar-refractivity contribution is 6.10. The molecule has 3 unspecified atom stereocenters. The van der Waals surface area contributed by atoms with Crippen molar-refractivity contribution in [3.63, 3.8) is 0 Å². The van der Waals surface area contributed by atoms with Gasteiger partial charge in [0.1, 0.15) is 0 Å². The van der Waals surface area contributed by atoms with Gasteiger partial charge in [-0.3, -0.25) is 0 Å². The number of para-hydroxylation sites is 2. The fourth-order valence-corrected chi connectivity index (χ4v) is 11.0. The van der Waals surface area contributed by atoms with Crippen LogP contribution in [0.3, 0.4) is 0 Å². The lowest BCUT2D eigenvalue weighted by Crippen LogP contribution is -2.10. The van der Waals surface area contributed by atoms with Crippen LogP contribution in [0.1, 0.15) is 37.2 Å². The minimum Gasteiger partial charge on any atom is -0.310 e. The number of benzene rings is 9. The van der Waals surface area contributed by atoms with E-state index in [0.717, 1.165) is 40.5 Å². The Morgan fingerprint density at radius 2 is 0.984 bits per heavy atom. The summed E-state index contributed by atoms with van der Waals surface area (Å²) in [7, 11) is 0. The van der Waals surface area contributed by atoms with E-state index in [1.54, 1.807) is 0 Å². The summed E-state index contributed by atoms with van der Waals surface area (Å²) in [5.74, 6) is 2.59. The minimum absolute atomic E-state index is 0.750. The van der Waals surface area contributed by atoms with Gasteiger partial charge < -0.3 is 9.47 Å². The van der Waals surface area contributed by atoms with Crippen molar-refractivity contribution in [2.75, 3.05) is 4.90 Å². The summed E-state index contributed by atoms with van der Waals surface area (Å²) < 4.78 is 2.41. The highest BCUT2D eigenvalue weighted by Crippen LogP contribution is 2.53. The molecule has 3 atom stereocenters. The van der Waals surface area contributed by atoms with Crippen LogP contribution in [0.2, 0.25) is 0 Å². The van der Waals surface area contributed by atoms with Gasteiger partial charge >= 0.3 is 0 Å². The van der Waals surface area contributed by atoms with Crippen LogP contribution in [0.25, 0.3) is 71.6 Å². The lowest BCUT2D eigenvalue weighted by Gasteiger charge is -2.26. The molecule has 2 aliphatic rings. The van der Waals surface area contributed by atoms with E-state index in [2.05, 4.69) is 222 Å². The molecule has 1 heterocycles. The second kappa shape index (κ2) is 14.8. The largest absolute Gasteiger partial charge is 0.310 e. The maximum Gasteiger partial charge on any atom is 0.0561 e.